The number of hydrogen-bond donors (Lipinski definition) is 0. The average molecular weight is 322 g/mol. The van der Waals surface area contributed by atoms with Gasteiger partial charge in [-0.2, -0.15) is 0 Å². The molecule has 23 heavy (non-hydrogen) atoms. The molecule has 4 nitrogen and oxygen atoms in total. The fourth-order valence-electron chi connectivity index (χ4n) is 3.80. The molecule has 0 radical (unpaired) electrons. The van der Waals surface area contributed by atoms with Crippen molar-refractivity contribution in [3.05, 3.63) is 29.8 Å². The summed E-state index contributed by atoms with van der Waals surface area (Å²) < 4.78 is 26.5. The number of likely N-dealkylation sites (tertiary alicyclic amines) is 1. The van der Waals surface area contributed by atoms with Gasteiger partial charge < -0.3 is 0 Å². The SMILES string of the molecule is C[C@@H]1CCC[C@H](C)N1[C@H]1CC(=O)N(c2ccc(F)c(F)c2)C1=O. The molecule has 0 saturated carbocycles. The minimum atomic E-state index is -1.06. The van der Waals surface area contributed by atoms with Crippen molar-refractivity contribution in [2.24, 2.45) is 0 Å². The zero-order chi connectivity index (χ0) is 16.7. The van der Waals surface area contributed by atoms with Gasteiger partial charge in [0.25, 0.3) is 5.91 Å². The first-order chi connectivity index (χ1) is 10.9. The van der Waals surface area contributed by atoms with Crippen LogP contribution in [-0.4, -0.2) is 34.8 Å². The number of carbonyl (C=O) groups is 2. The lowest BCUT2D eigenvalue weighted by Gasteiger charge is -2.41. The van der Waals surface area contributed by atoms with Gasteiger partial charge in [0.05, 0.1) is 18.2 Å². The number of piperidine rings is 1. The van der Waals surface area contributed by atoms with Crippen molar-refractivity contribution in [3.8, 4) is 0 Å². The Kier molecular flexibility index (Phi) is 4.19. The Morgan fingerprint density at radius 3 is 2.30 bits per heavy atom. The third-order valence-corrected chi connectivity index (χ3v) is 4.91. The van der Waals surface area contributed by atoms with Gasteiger partial charge in [0.15, 0.2) is 11.6 Å². The van der Waals surface area contributed by atoms with Gasteiger partial charge in [-0.1, -0.05) is 6.42 Å². The molecule has 0 aromatic heterocycles. The number of rotatable bonds is 2. The van der Waals surface area contributed by atoms with Gasteiger partial charge in [-0.3, -0.25) is 14.5 Å². The number of nitrogens with zero attached hydrogens (tertiary/aromatic N) is 2. The van der Waals surface area contributed by atoms with Gasteiger partial charge in [0.2, 0.25) is 5.91 Å². The van der Waals surface area contributed by atoms with Gasteiger partial charge in [-0.25, -0.2) is 13.7 Å². The van der Waals surface area contributed by atoms with E-state index in [4.69, 9.17) is 0 Å². The highest BCUT2D eigenvalue weighted by atomic mass is 19.2. The van der Waals surface area contributed by atoms with Crippen LogP contribution in [0.2, 0.25) is 0 Å². The van der Waals surface area contributed by atoms with Gasteiger partial charge in [-0.15, -0.1) is 0 Å². The van der Waals surface area contributed by atoms with Gasteiger partial charge in [0.1, 0.15) is 0 Å². The van der Waals surface area contributed by atoms with Crippen LogP contribution in [0.3, 0.4) is 0 Å². The molecule has 2 heterocycles. The van der Waals surface area contributed by atoms with Crippen molar-refractivity contribution in [2.45, 2.75) is 57.7 Å². The molecule has 0 aliphatic carbocycles. The van der Waals surface area contributed by atoms with Crippen molar-refractivity contribution >= 4 is 17.5 Å². The molecule has 1 aromatic rings. The number of anilines is 1. The molecule has 124 valence electrons. The van der Waals surface area contributed by atoms with E-state index in [0.29, 0.717) is 0 Å². The predicted octanol–water partition coefficient (Wildman–Crippen LogP) is 2.86. The summed E-state index contributed by atoms with van der Waals surface area (Å²) in [6.45, 7) is 4.13. The van der Waals surface area contributed by atoms with E-state index in [1.807, 2.05) is 0 Å². The van der Waals surface area contributed by atoms with Crippen LogP contribution in [0.5, 0.6) is 0 Å². The predicted molar refractivity (Wildman–Crippen MR) is 81.9 cm³/mol. The van der Waals surface area contributed by atoms with E-state index in [0.717, 1.165) is 36.3 Å². The molecule has 2 aliphatic rings. The molecule has 3 rings (SSSR count). The maximum Gasteiger partial charge on any atom is 0.251 e. The van der Waals surface area contributed by atoms with Crippen molar-refractivity contribution in [1.82, 2.24) is 4.90 Å². The van der Waals surface area contributed by atoms with Crippen LogP contribution >= 0.6 is 0 Å². The number of carbonyl (C=O) groups excluding carboxylic acids is 2. The highest BCUT2D eigenvalue weighted by Gasteiger charge is 2.46. The quantitative estimate of drug-likeness (QED) is 0.786. The summed E-state index contributed by atoms with van der Waals surface area (Å²) in [5, 5.41) is 0. The molecule has 2 aliphatic heterocycles. The number of benzene rings is 1. The fourth-order valence-corrected chi connectivity index (χ4v) is 3.80. The number of hydrogen-bond acceptors (Lipinski definition) is 3. The van der Waals surface area contributed by atoms with Crippen LogP contribution in [0.1, 0.15) is 39.5 Å². The molecule has 6 heteroatoms. The van der Waals surface area contributed by atoms with E-state index in [9.17, 15) is 18.4 Å². The van der Waals surface area contributed by atoms with E-state index in [1.165, 1.54) is 6.07 Å². The zero-order valence-corrected chi connectivity index (χ0v) is 13.3. The third-order valence-electron chi connectivity index (χ3n) is 4.91. The second kappa shape index (κ2) is 6.00. The van der Waals surface area contributed by atoms with Crippen LogP contribution in [-0.2, 0) is 9.59 Å². The van der Waals surface area contributed by atoms with Crippen LogP contribution in [0.25, 0.3) is 0 Å². The molecular weight excluding hydrogens is 302 g/mol. The third kappa shape index (κ3) is 2.76. The maximum atomic E-state index is 13.4. The lowest BCUT2D eigenvalue weighted by Crippen LogP contribution is -2.52. The van der Waals surface area contributed by atoms with E-state index in [1.54, 1.807) is 0 Å². The topological polar surface area (TPSA) is 40.6 Å². The van der Waals surface area contributed by atoms with Crippen LogP contribution in [0.15, 0.2) is 18.2 Å². The summed E-state index contributed by atoms with van der Waals surface area (Å²) in [5.74, 6) is -2.77. The zero-order valence-electron chi connectivity index (χ0n) is 13.3. The fraction of sp³-hybridized carbons (Fsp3) is 0.529. The molecule has 2 amide bonds. The number of imide groups is 1. The van der Waals surface area contributed by atoms with E-state index >= 15 is 0 Å². The maximum absolute atomic E-state index is 13.4. The first-order valence-electron chi connectivity index (χ1n) is 7.99. The molecule has 2 saturated heterocycles. The minimum absolute atomic E-state index is 0.0898. The Labute approximate surface area is 134 Å². The summed E-state index contributed by atoms with van der Waals surface area (Å²) in [7, 11) is 0. The first-order valence-corrected chi connectivity index (χ1v) is 7.99. The largest absolute Gasteiger partial charge is 0.286 e. The first kappa shape index (κ1) is 16.1. The molecular formula is C17H20F2N2O2. The Morgan fingerprint density at radius 1 is 1.04 bits per heavy atom. The summed E-state index contributed by atoms with van der Waals surface area (Å²) in [6.07, 6.45) is 3.19. The molecule has 0 N–H and O–H groups in total. The highest BCUT2D eigenvalue weighted by Crippen LogP contribution is 2.32. The number of halogens is 2. The van der Waals surface area contributed by atoms with Gasteiger partial charge in [0, 0.05) is 18.2 Å². The van der Waals surface area contributed by atoms with E-state index in [2.05, 4.69) is 18.7 Å². The standard InChI is InChI=1S/C17H20F2N2O2/c1-10-4-3-5-11(2)20(10)15-9-16(22)21(17(15)23)12-6-7-13(18)14(19)8-12/h6-8,10-11,15H,3-5,9H2,1-2H3/t10-,11+,15-/m0/s1. The minimum Gasteiger partial charge on any atom is -0.286 e. The Morgan fingerprint density at radius 2 is 1.70 bits per heavy atom. The Hall–Kier alpha value is -1.82. The van der Waals surface area contributed by atoms with Crippen molar-refractivity contribution in [2.75, 3.05) is 4.90 Å². The lowest BCUT2D eigenvalue weighted by atomic mass is 9.94. The summed E-state index contributed by atoms with van der Waals surface area (Å²) in [5.41, 5.74) is 0.0960. The molecule has 0 bridgehead atoms. The lowest BCUT2D eigenvalue weighted by molar-refractivity contribution is -0.124. The van der Waals surface area contributed by atoms with Crippen molar-refractivity contribution < 1.29 is 18.4 Å². The summed E-state index contributed by atoms with van der Waals surface area (Å²) >= 11 is 0. The highest BCUT2D eigenvalue weighted by molar-refractivity contribution is 6.22. The monoisotopic (exact) mass is 322 g/mol. The second-order valence-electron chi connectivity index (χ2n) is 6.46. The molecule has 2 fully saturated rings. The normalized spacial score (nSPS) is 29.4. The number of amides is 2. The van der Waals surface area contributed by atoms with Crippen LogP contribution in [0.4, 0.5) is 14.5 Å². The van der Waals surface area contributed by atoms with Crippen LogP contribution < -0.4 is 4.90 Å². The average Bonchev–Trinajstić information content (AvgIpc) is 2.77. The summed E-state index contributed by atoms with van der Waals surface area (Å²) in [4.78, 5) is 28.1. The summed E-state index contributed by atoms with van der Waals surface area (Å²) in [6, 6.07) is 3.04. The molecule has 3 atom stereocenters. The molecule has 1 aromatic carbocycles. The smallest absolute Gasteiger partial charge is 0.251 e. The Bertz CT molecular complexity index is 639. The second-order valence-corrected chi connectivity index (χ2v) is 6.46. The van der Waals surface area contributed by atoms with Gasteiger partial charge in [-0.05, 0) is 38.8 Å². The van der Waals surface area contributed by atoms with Gasteiger partial charge >= 0.3 is 0 Å². The molecule has 0 spiro atoms. The van der Waals surface area contributed by atoms with E-state index in [-0.39, 0.29) is 36.0 Å². The molecule has 0 unspecified atom stereocenters. The Balaban J connectivity index is 1.89. The van der Waals surface area contributed by atoms with Crippen molar-refractivity contribution in [1.29, 1.82) is 0 Å². The van der Waals surface area contributed by atoms with Crippen molar-refractivity contribution in [3.63, 3.8) is 0 Å². The van der Waals surface area contributed by atoms with Crippen LogP contribution in [0, 0.1) is 11.6 Å². The van der Waals surface area contributed by atoms with E-state index < -0.39 is 17.7 Å².